The first kappa shape index (κ1) is 26.1. The average molecular weight is 500 g/mol. The van der Waals surface area contributed by atoms with E-state index < -0.39 is 16.7 Å². The lowest BCUT2D eigenvalue weighted by atomic mass is 10.0. The second kappa shape index (κ2) is 12.8. The number of aliphatic hydroxyl groups excluding tert-OH is 1. The highest BCUT2D eigenvalue weighted by molar-refractivity contribution is 7.75. The van der Waals surface area contributed by atoms with E-state index in [1.807, 2.05) is 31.2 Å². The van der Waals surface area contributed by atoms with Gasteiger partial charge in [0.05, 0.1) is 30.4 Å². The molecule has 0 saturated carbocycles. The Labute approximate surface area is 205 Å². The predicted octanol–water partition coefficient (Wildman–Crippen LogP) is 4.01. The van der Waals surface area contributed by atoms with Gasteiger partial charge in [0.15, 0.2) is 0 Å². The van der Waals surface area contributed by atoms with Crippen molar-refractivity contribution in [2.75, 3.05) is 31.0 Å². The zero-order valence-corrected chi connectivity index (χ0v) is 20.7. The summed E-state index contributed by atoms with van der Waals surface area (Å²) in [6.45, 7) is 4.09. The third-order valence-electron chi connectivity index (χ3n) is 4.78. The molecule has 3 aromatic rings. The van der Waals surface area contributed by atoms with Crippen LogP contribution in [-0.2, 0) is 26.7 Å². The summed E-state index contributed by atoms with van der Waals surface area (Å²) in [4.78, 5) is 20.9. The van der Waals surface area contributed by atoms with Crippen molar-refractivity contribution < 1.29 is 23.6 Å². The molecule has 2 aromatic carbocycles. The summed E-state index contributed by atoms with van der Waals surface area (Å²) >= 11 is 0. The Morgan fingerprint density at radius 1 is 1.23 bits per heavy atom. The van der Waals surface area contributed by atoms with Gasteiger partial charge in [0.2, 0.25) is 5.95 Å². The summed E-state index contributed by atoms with van der Waals surface area (Å²) in [6, 6.07) is 14.2. The number of nitrogens with zero attached hydrogens (tertiary/aromatic N) is 3. The normalized spacial score (nSPS) is 12.7. The van der Waals surface area contributed by atoms with Gasteiger partial charge in [0.1, 0.15) is 5.82 Å². The fourth-order valence-electron chi connectivity index (χ4n) is 3.12. The van der Waals surface area contributed by atoms with Crippen LogP contribution in [0.4, 0.5) is 22.2 Å². The maximum Gasteiger partial charge on any atom is 0.441 e. The molecule has 1 unspecified atom stereocenters. The summed E-state index contributed by atoms with van der Waals surface area (Å²) in [5.41, 5.74) is 3.37. The molecule has 186 valence electrons. The minimum Gasteiger partial charge on any atom is -0.448 e. The van der Waals surface area contributed by atoms with Crippen molar-refractivity contribution in [1.82, 2.24) is 9.97 Å². The number of rotatable bonds is 10. The molecule has 0 saturated heterocycles. The quantitative estimate of drug-likeness (QED) is 0.305. The molecule has 2 atom stereocenters. The zero-order valence-electron chi connectivity index (χ0n) is 19.8. The second-order valence-electron chi connectivity index (χ2n) is 7.56. The van der Waals surface area contributed by atoms with Crippen LogP contribution in [0.5, 0.6) is 0 Å². The largest absolute Gasteiger partial charge is 0.448 e. The lowest BCUT2D eigenvalue weighted by molar-refractivity contribution is 0.164. The Morgan fingerprint density at radius 2 is 2.00 bits per heavy atom. The van der Waals surface area contributed by atoms with E-state index in [4.69, 9.17) is 9.47 Å². The third kappa shape index (κ3) is 7.47. The molecule has 0 aliphatic heterocycles. The van der Waals surface area contributed by atoms with Gasteiger partial charge in [0, 0.05) is 35.5 Å². The number of carbonyl (C=O) groups excluding carboxylic acids is 1. The summed E-state index contributed by atoms with van der Waals surface area (Å²) < 4.78 is 25.7. The van der Waals surface area contributed by atoms with E-state index in [9.17, 15) is 14.1 Å². The zero-order chi connectivity index (χ0) is 25.2. The maximum atomic E-state index is 12.2. The topological polar surface area (TPSA) is 135 Å². The number of thiol groups is 1. The number of benzene rings is 2. The average Bonchev–Trinajstić information content (AvgIpc) is 2.85. The van der Waals surface area contributed by atoms with Gasteiger partial charge in [-0.2, -0.15) is 4.98 Å². The minimum absolute atomic E-state index is 0.0631. The molecule has 1 heterocycles. The van der Waals surface area contributed by atoms with Crippen molar-refractivity contribution in [2.45, 2.75) is 31.4 Å². The number of methoxy groups -OCH3 is 1. The second-order valence-corrected chi connectivity index (χ2v) is 8.82. The monoisotopic (exact) mass is 499 g/mol. The molecule has 35 heavy (non-hydrogen) atoms. The van der Waals surface area contributed by atoms with Crippen molar-refractivity contribution in [3.63, 3.8) is 0 Å². The van der Waals surface area contributed by atoms with Crippen LogP contribution in [0.2, 0.25) is 0 Å². The van der Waals surface area contributed by atoms with E-state index in [1.54, 1.807) is 44.5 Å². The Bertz CT molecular complexity index is 1230. The highest BCUT2D eigenvalue weighted by atomic mass is 32.2. The van der Waals surface area contributed by atoms with Gasteiger partial charge in [-0.3, -0.25) is 0 Å². The van der Waals surface area contributed by atoms with Gasteiger partial charge in [-0.05, 0) is 55.3 Å². The van der Waals surface area contributed by atoms with Crippen molar-refractivity contribution in [3.05, 3.63) is 60.3 Å². The molecule has 3 N–H and O–H groups in total. The number of hydrogen-bond acceptors (Lipinski definition) is 9. The van der Waals surface area contributed by atoms with Crippen molar-refractivity contribution in [1.29, 1.82) is 0 Å². The molecular formula is C24H29N5O5S. The summed E-state index contributed by atoms with van der Waals surface area (Å²) in [7, 11) is -0.607. The SMILES string of the molecule is CCOC(=O)/N=[SH](=O)/c1ccc(Nc2ncc(-c3cccc(COC)c3)c(N[C@H](C)CO)n2)cc1. The molecule has 0 bridgehead atoms. The number of amides is 1. The van der Waals surface area contributed by atoms with Crippen LogP contribution in [0.15, 0.2) is 64.0 Å². The van der Waals surface area contributed by atoms with Crippen molar-refractivity contribution >= 4 is 34.1 Å². The van der Waals surface area contributed by atoms with Crippen molar-refractivity contribution in [2.24, 2.45) is 4.36 Å². The molecule has 0 radical (unpaired) electrons. The van der Waals surface area contributed by atoms with E-state index >= 15 is 0 Å². The number of aromatic nitrogens is 2. The van der Waals surface area contributed by atoms with Gasteiger partial charge in [-0.15, -0.1) is 4.36 Å². The molecule has 10 nitrogen and oxygen atoms in total. The lowest BCUT2D eigenvalue weighted by Gasteiger charge is -2.17. The lowest BCUT2D eigenvalue weighted by Crippen LogP contribution is -2.21. The summed E-state index contributed by atoms with van der Waals surface area (Å²) in [5, 5.41) is 15.9. The van der Waals surface area contributed by atoms with E-state index in [0.717, 1.165) is 16.7 Å². The summed E-state index contributed by atoms with van der Waals surface area (Å²) in [6.07, 6.45) is 0.853. The molecule has 0 fully saturated rings. The number of ether oxygens (including phenoxy) is 2. The van der Waals surface area contributed by atoms with Crippen LogP contribution in [0.3, 0.4) is 0 Å². The maximum absolute atomic E-state index is 12.2. The Hall–Kier alpha value is -3.54. The molecule has 1 aromatic heterocycles. The fourth-order valence-corrected chi connectivity index (χ4v) is 3.85. The van der Waals surface area contributed by atoms with Gasteiger partial charge in [-0.25, -0.2) is 14.0 Å². The van der Waals surface area contributed by atoms with Gasteiger partial charge in [-0.1, -0.05) is 18.2 Å². The number of carbonyl (C=O) groups is 1. The standard InChI is InChI=1S/C24H29N5O5S/c1-4-34-24(31)29-35(32)20-10-8-19(9-11-20)27-23-25-13-21(22(28-23)26-16(2)14-30)18-7-5-6-17(12-18)15-33-3/h5-13,16,30,35H,4,14-15H2,1-3H3,(H2,25,26,27,28)/t16-/m1/s1. The molecular weight excluding hydrogens is 470 g/mol. The van der Waals surface area contributed by atoms with Crippen LogP contribution in [0.25, 0.3) is 11.1 Å². The molecule has 1 amide bonds. The Morgan fingerprint density at radius 3 is 2.69 bits per heavy atom. The molecule has 0 spiro atoms. The van der Waals surface area contributed by atoms with Crippen LogP contribution < -0.4 is 10.6 Å². The summed E-state index contributed by atoms with van der Waals surface area (Å²) in [5.74, 6) is 0.898. The first-order valence-electron chi connectivity index (χ1n) is 11.0. The molecule has 0 aliphatic carbocycles. The van der Waals surface area contributed by atoms with Crippen LogP contribution >= 0.6 is 0 Å². The van der Waals surface area contributed by atoms with Crippen molar-refractivity contribution in [3.8, 4) is 11.1 Å². The van der Waals surface area contributed by atoms with E-state index in [0.29, 0.717) is 29.0 Å². The first-order valence-corrected chi connectivity index (χ1v) is 12.2. The Kier molecular flexibility index (Phi) is 9.53. The highest BCUT2D eigenvalue weighted by Crippen LogP contribution is 2.29. The minimum atomic E-state index is -2.25. The Balaban J connectivity index is 1.85. The number of nitrogens with one attached hydrogen (secondary N) is 2. The number of hydrogen-bond donors (Lipinski definition) is 4. The van der Waals surface area contributed by atoms with E-state index in [2.05, 4.69) is 25.0 Å². The fraction of sp³-hybridized carbons (Fsp3) is 0.292. The van der Waals surface area contributed by atoms with Gasteiger partial charge < -0.3 is 25.2 Å². The third-order valence-corrected chi connectivity index (χ3v) is 5.86. The van der Waals surface area contributed by atoms with Crippen LogP contribution in [-0.4, -0.2) is 51.7 Å². The van der Waals surface area contributed by atoms with Gasteiger partial charge in [0.25, 0.3) is 0 Å². The smallest absolute Gasteiger partial charge is 0.441 e. The van der Waals surface area contributed by atoms with E-state index in [-0.39, 0.29) is 19.3 Å². The predicted molar refractivity (Wildman–Crippen MR) is 135 cm³/mol. The van der Waals surface area contributed by atoms with Crippen LogP contribution in [0.1, 0.15) is 19.4 Å². The number of aliphatic hydroxyl groups is 1. The molecule has 0 aliphatic rings. The first-order chi connectivity index (χ1) is 16.9. The van der Waals surface area contributed by atoms with Crippen LogP contribution in [0, 0.1) is 0 Å². The highest BCUT2D eigenvalue weighted by Gasteiger charge is 2.13. The van der Waals surface area contributed by atoms with Gasteiger partial charge >= 0.3 is 6.09 Å². The molecule has 3 rings (SSSR count). The molecule has 11 heteroatoms. The van der Waals surface area contributed by atoms with E-state index in [1.165, 1.54) is 0 Å². The number of anilines is 3.